The average molecular weight is 333 g/mol. The van der Waals surface area contributed by atoms with Gasteiger partial charge in [-0.1, -0.05) is 48.0 Å². The summed E-state index contributed by atoms with van der Waals surface area (Å²) in [5, 5.41) is 10.1. The van der Waals surface area contributed by atoms with E-state index in [2.05, 4.69) is 17.1 Å². The molecule has 0 amide bonds. The summed E-state index contributed by atoms with van der Waals surface area (Å²) in [5.41, 5.74) is 5.48. The first kappa shape index (κ1) is 14.7. The fraction of sp³-hybridized carbons (Fsp3) is 0.100. The van der Waals surface area contributed by atoms with Gasteiger partial charge in [0.2, 0.25) is 0 Å². The molecule has 24 heavy (non-hydrogen) atoms. The number of aromatic nitrogens is 1. The number of hydrogen-bond acceptors (Lipinski definition) is 2. The minimum Gasteiger partial charge on any atom is -0.320 e. The number of hydrogen-bond donors (Lipinski definition) is 1. The van der Waals surface area contributed by atoms with E-state index < -0.39 is 0 Å². The highest BCUT2D eigenvalue weighted by molar-refractivity contribution is 6.30. The van der Waals surface area contributed by atoms with Crippen molar-refractivity contribution >= 4 is 11.6 Å². The van der Waals surface area contributed by atoms with Gasteiger partial charge in [-0.05, 0) is 41.7 Å². The number of rotatable bonds is 1. The van der Waals surface area contributed by atoms with Crippen LogP contribution in [-0.2, 0) is 12.8 Å². The van der Waals surface area contributed by atoms with Crippen LogP contribution >= 0.6 is 11.6 Å². The second-order valence-corrected chi connectivity index (χ2v) is 6.27. The van der Waals surface area contributed by atoms with E-state index in [-0.39, 0.29) is 11.1 Å². The molecular weight excluding hydrogens is 320 g/mol. The maximum absolute atomic E-state index is 12.5. The number of pyridine rings is 1. The Hall–Kier alpha value is -2.83. The standard InChI is InChI=1S/C20H13ClN2O/c21-14-8-5-13(6-9-14)18-16-10-7-12-3-1-2-4-15(12)19(16)23-20(24)17(18)11-22/h1-6,8-9H,7,10H2,(H,23,24). The number of fused-ring (bicyclic) bond motifs is 3. The summed E-state index contributed by atoms with van der Waals surface area (Å²) >= 11 is 5.98. The van der Waals surface area contributed by atoms with E-state index in [4.69, 9.17) is 11.6 Å². The summed E-state index contributed by atoms with van der Waals surface area (Å²) in [6.07, 6.45) is 1.68. The summed E-state index contributed by atoms with van der Waals surface area (Å²) in [6.45, 7) is 0. The maximum Gasteiger partial charge on any atom is 0.266 e. The van der Waals surface area contributed by atoms with Crippen LogP contribution in [0.1, 0.15) is 16.7 Å². The number of H-pyrrole nitrogens is 1. The van der Waals surface area contributed by atoms with Crippen LogP contribution in [0.4, 0.5) is 0 Å². The lowest BCUT2D eigenvalue weighted by atomic mass is 9.83. The van der Waals surface area contributed by atoms with Crippen LogP contribution in [0, 0.1) is 11.3 Å². The van der Waals surface area contributed by atoms with Crippen molar-refractivity contribution in [2.75, 3.05) is 0 Å². The van der Waals surface area contributed by atoms with Gasteiger partial charge in [-0.2, -0.15) is 5.26 Å². The van der Waals surface area contributed by atoms with Crippen LogP contribution in [0.2, 0.25) is 5.02 Å². The van der Waals surface area contributed by atoms with E-state index in [1.54, 1.807) is 12.1 Å². The molecule has 0 aliphatic heterocycles. The predicted molar refractivity (Wildman–Crippen MR) is 95.1 cm³/mol. The van der Waals surface area contributed by atoms with Gasteiger partial charge in [-0.25, -0.2) is 0 Å². The Bertz CT molecular complexity index is 1040. The Morgan fingerprint density at radius 1 is 1.04 bits per heavy atom. The number of nitriles is 1. The van der Waals surface area contributed by atoms with Gasteiger partial charge in [0.05, 0.1) is 5.69 Å². The third kappa shape index (κ3) is 2.24. The smallest absolute Gasteiger partial charge is 0.266 e. The maximum atomic E-state index is 12.5. The zero-order valence-electron chi connectivity index (χ0n) is 12.8. The van der Waals surface area contributed by atoms with Gasteiger partial charge in [0.15, 0.2) is 0 Å². The van der Waals surface area contributed by atoms with Crippen molar-refractivity contribution < 1.29 is 0 Å². The lowest BCUT2D eigenvalue weighted by Crippen LogP contribution is -2.19. The second kappa shape index (κ2) is 5.67. The molecule has 1 heterocycles. The van der Waals surface area contributed by atoms with E-state index in [1.165, 1.54) is 5.56 Å². The number of nitrogens with one attached hydrogen (secondary N) is 1. The Morgan fingerprint density at radius 3 is 2.54 bits per heavy atom. The highest BCUT2D eigenvalue weighted by Crippen LogP contribution is 2.38. The highest BCUT2D eigenvalue weighted by Gasteiger charge is 2.24. The summed E-state index contributed by atoms with van der Waals surface area (Å²) in [6, 6.07) is 17.4. The number of halogens is 1. The van der Waals surface area contributed by atoms with Gasteiger partial charge in [0.25, 0.3) is 5.56 Å². The Balaban J connectivity index is 2.08. The van der Waals surface area contributed by atoms with Crippen molar-refractivity contribution in [3.05, 3.63) is 80.6 Å². The van der Waals surface area contributed by atoms with Gasteiger partial charge in [-0.3, -0.25) is 4.79 Å². The normalized spacial score (nSPS) is 12.2. The van der Waals surface area contributed by atoms with Gasteiger partial charge in [0.1, 0.15) is 11.6 Å². The molecule has 0 saturated heterocycles. The fourth-order valence-corrected chi connectivity index (χ4v) is 3.53. The molecule has 3 aromatic rings. The Labute approximate surface area is 144 Å². The fourth-order valence-electron chi connectivity index (χ4n) is 3.40. The zero-order valence-corrected chi connectivity index (χ0v) is 13.5. The number of nitrogens with zero attached hydrogens (tertiary/aromatic N) is 1. The molecule has 0 unspecified atom stereocenters. The monoisotopic (exact) mass is 332 g/mol. The van der Waals surface area contributed by atoms with Crippen LogP contribution in [0.25, 0.3) is 22.4 Å². The van der Waals surface area contributed by atoms with E-state index in [9.17, 15) is 10.1 Å². The van der Waals surface area contributed by atoms with Gasteiger partial charge in [-0.15, -0.1) is 0 Å². The van der Waals surface area contributed by atoms with Crippen molar-refractivity contribution in [3.8, 4) is 28.5 Å². The van der Waals surface area contributed by atoms with Crippen LogP contribution in [-0.4, -0.2) is 4.98 Å². The van der Waals surface area contributed by atoms with Crippen molar-refractivity contribution in [1.29, 1.82) is 5.26 Å². The molecule has 4 heteroatoms. The van der Waals surface area contributed by atoms with Crippen LogP contribution < -0.4 is 5.56 Å². The van der Waals surface area contributed by atoms with Gasteiger partial charge in [0, 0.05) is 16.1 Å². The molecule has 0 radical (unpaired) electrons. The van der Waals surface area contributed by atoms with Crippen LogP contribution in [0.5, 0.6) is 0 Å². The van der Waals surface area contributed by atoms with Crippen molar-refractivity contribution in [1.82, 2.24) is 4.98 Å². The minimum atomic E-state index is -0.349. The first-order valence-electron chi connectivity index (χ1n) is 7.72. The zero-order chi connectivity index (χ0) is 16.7. The highest BCUT2D eigenvalue weighted by atomic mass is 35.5. The summed E-state index contributed by atoms with van der Waals surface area (Å²) < 4.78 is 0. The minimum absolute atomic E-state index is 0.162. The number of benzene rings is 2. The SMILES string of the molecule is N#Cc1c(-c2ccc(Cl)cc2)c2c([nH]c1=O)-c1ccccc1CC2. The van der Waals surface area contributed by atoms with E-state index in [0.29, 0.717) is 5.02 Å². The quantitative estimate of drug-likeness (QED) is 0.721. The van der Waals surface area contributed by atoms with E-state index in [0.717, 1.165) is 40.8 Å². The molecule has 0 atom stereocenters. The molecule has 1 aliphatic rings. The first-order chi connectivity index (χ1) is 11.7. The molecule has 0 spiro atoms. The third-order valence-corrected chi connectivity index (χ3v) is 4.75. The number of aryl methyl sites for hydroxylation is 1. The summed E-state index contributed by atoms with van der Waals surface area (Å²) in [5.74, 6) is 0. The first-order valence-corrected chi connectivity index (χ1v) is 8.10. The van der Waals surface area contributed by atoms with Crippen molar-refractivity contribution in [3.63, 3.8) is 0 Å². The second-order valence-electron chi connectivity index (χ2n) is 5.83. The molecule has 116 valence electrons. The Morgan fingerprint density at radius 2 is 1.79 bits per heavy atom. The molecule has 4 rings (SSSR count). The summed E-state index contributed by atoms with van der Waals surface area (Å²) in [7, 11) is 0. The van der Waals surface area contributed by atoms with Crippen LogP contribution in [0.3, 0.4) is 0 Å². The van der Waals surface area contributed by atoms with Gasteiger partial charge >= 0.3 is 0 Å². The average Bonchev–Trinajstić information content (AvgIpc) is 2.61. The van der Waals surface area contributed by atoms with Crippen molar-refractivity contribution in [2.24, 2.45) is 0 Å². The molecule has 0 saturated carbocycles. The Kier molecular flexibility index (Phi) is 3.48. The molecule has 2 aromatic carbocycles. The molecular formula is C20H13ClN2O. The molecule has 1 N–H and O–H groups in total. The summed E-state index contributed by atoms with van der Waals surface area (Å²) in [4.78, 5) is 15.4. The largest absolute Gasteiger partial charge is 0.320 e. The van der Waals surface area contributed by atoms with Gasteiger partial charge < -0.3 is 4.98 Å². The topological polar surface area (TPSA) is 56.6 Å². The van der Waals surface area contributed by atoms with E-state index >= 15 is 0 Å². The lowest BCUT2D eigenvalue weighted by Gasteiger charge is -2.23. The molecule has 3 nitrogen and oxygen atoms in total. The molecule has 0 fully saturated rings. The molecule has 1 aromatic heterocycles. The molecule has 0 bridgehead atoms. The molecule has 1 aliphatic carbocycles. The van der Waals surface area contributed by atoms with Crippen molar-refractivity contribution in [2.45, 2.75) is 12.8 Å². The van der Waals surface area contributed by atoms with Crippen LogP contribution in [0.15, 0.2) is 53.3 Å². The lowest BCUT2D eigenvalue weighted by molar-refractivity contribution is 0.923. The number of aromatic amines is 1. The van der Waals surface area contributed by atoms with E-state index in [1.807, 2.05) is 30.3 Å². The third-order valence-electron chi connectivity index (χ3n) is 4.49. The predicted octanol–water partition coefficient (Wildman–Crippen LogP) is 4.33.